The molecule has 0 saturated carbocycles. The normalized spacial score (nSPS) is 19.8. The molecule has 2 unspecified atom stereocenters. The van der Waals surface area contributed by atoms with Crippen molar-refractivity contribution in [1.82, 2.24) is 0 Å². The molecule has 1 aliphatic heterocycles. The number of rotatable bonds is 5. The summed E-state index contributed by atoms with van der Waals surface area (Å²) in [6.07, 6.45) is 5.80. The Morgan fingerprint density at radius 2 is 2.24 bits per heavy atom. The largest absolute Gasteiger partial charge is 0.490 e. The van der Waals surface area contributed by atoms with E-state index in [1.54, 1.807) is 0 Å². The van der Waals surface area contributed by atoms with Crippen molar-refractivity contribution in [2.75, 3.05) is 0 Å². The summed E-state index contributed by atoms with van der Waals surface area (Å²) in [7, 11) is 0. The van der Waals surface area contributed by atoms with Gasteiger partial charge in [0.1, 0.15) is 11.9 Å². The molecule has 0 bridgehead atoms. The first-order chi connectivity index (χ1) is 8.19. The van der Waals surface area contributed by atoms with Crippen LogP contribution >= 0.6 is 11.6 Å². The van der Waals surface area contributed by atoms with Gasteiger partial charge in [-0.15, -0.1) is 11.6 Å². The van der Waals surface area contributed by atoms with Gasteiger partial charge in [-0.3, -0.25) is 0 Å². The van der Waals surface area contributed by atoms with E-state index in [1.165, 1.54) is 17.5 Å². The van der Waals surface area contributed by atoms with Gasteiger partial charge in [-0.1, -0.05) is 31.0 Å². The van der Waals surface area contributed by atoms with Crippen molar-refractivity contribution in [3.05, 3.63) is 29.3 Å². The molecule has 2 heteroatoms. The molecule has 1 aliphatic rings. The third-order valence-electron chi connectivity index (χ3n) is 3.36. The highest BCUT2D eigenvalue weighted by Crippen LogP contribution is 2.31. The van der Waals surface area contributed by atoms with Crippen molar-refractivity contribution in [1.29, 1.82) is 0 Å². The number of benzene rings is 1. The van der Waals surface area contributed by atoms with Crippen LogP contribution < -0.4 is 4.74 Å². The van der Waals surface area contributed by atoms with Gasteiger partial charge in [0.2, 0.25) is 0 Å². The Bertz CT molecular complexity index is 375. The van der Waals surface area contributed by atoms with Crippen molar-refractivity contribution in [3.8, 4) is 5.75 Å². The first-order valence-corrected chi connectivity index (χ1v) is 7.03. The second-order valence-electron chi connectivity index (χ2n) is 5.02. The van der Waals surface area contributed by atoms with Gasteiger partial charge in [-0.05, 0) is 37.8 Å². The molecule has 0 spiro atoms. The number of hydrogen-bond acceptors (Lipinski definition) is 1. The highest BCUT2D eigenvalue weighted by molar-refractivity contribution is 6.20. The number of hydrogen-bond donors (Lipinski definition) is 0. The zero-order chi connectivity index (χ0) is 12.3. The van der Waals surface area contributed by atoms with E-state index in [1.807, 2.05) is 0 Å². The van der Waals surface area contributed by atoms with Crippen molar-refractivity contribution in [2.24, 2.45) is 0 Å². The van der Waals surface area contributed by atoms with E-state index in [4.69, 9.17) is 16.3 Å². The maximum absolute atomic E-state index is 6.24. The lowest BCUT2D eigenvalue weighted by molar-refractivity contribution is 0.217. The van der Waals surface area contributed by atoms with Gasteiger partial charge in [0.15, 0.2) is 0 Å². The van der Waals surface area contributed by atoms with Crippen LogP contribution in [0.15, 0.2) is 18.2 Å². The number of alkyl halides is 1. The molecule has 94 valence electrons. The fraction of sp³-hybridized carbons (Fsp3) is 0.600. The minimum absolute atomic E-state index is 0.314. The average molecular weight is 253 g/mol. The van der Waals surface area contributed by atoms with Crippen molar-refractivity contribution in [2.45, 2.75) is 57.4 Å². The second-order valence-corrected chi connectivity index (χ2v) is 5.64. The quantitative estimate of drug-likeness (QED) is 0.702. The molecule has 1 aromatic rings. The van der Waals surface area contributed by atoms with Crippen LogP contribution in [0.2, 0.25) is 0 Å². The SMILES string of the molecule is CCCC(Cl)CCC1Cc2cc(C)ccc2O1. The molecule has 0 radical (unpaired) electrons. The lowest BCUT2D eigenvalue weighted by atomic mass is 10.0. The highest BCUT2D eigenvalue weighted by atomic mass is 35.5. The van der Waals surface area contributed by atoms with Gasteiger partial charge < -0.3 is 4.74 Å². The number of halogens is 1. The predicted octanol–water partition coefficient (Wildman–Crippen LogP) is 4.49. The summed E-state index contributed by atoms with van der Waals surface area (Å²) >= 11 is 6.24. The van der Waals surface area contributed by atoms with Crippen LogP contribution in [0.1, 0.15) is 43.7 Å². The minimum Gasteiger partial charge on any atom is -0.490 e. The molecule has 0 N–H and O–H groups in total. The fourth-order valence-corrected chi connectivity index (χ4v) is 2.78. The average Bonchev–Trinajstić information content (AvgIpc) is 2.68. The van der Waals surface area contributed by atoms with E-state index in [-0.39, 0.29) is 0 Å². The number of aryl methyl sites for hydroxylation is 1. The van der Waals surface area contributed by atoms with E-state index >= 15 is 0 Å². The lowest BCUT2D eigenvalue weighted by Crippen LogP contribution is -2.14. The predicted molar refractivity (Wildman–Crippen MR) is 73.1 cm³/mol. The molecule has 0 amide bonds. The molecule has 1 nitrogen and oxygen atoms in total. The van der Waals surface area contributed by atoms with Crippen LogP contribution in [0.25, 0.3) is 0 Å². The van der Waals surface area contributed by atoms with Gasteiger partial charge in [-0.2, -0.15) is 0 Å². The van der Waals surface area contributed by atoms with Crippen LogP contribution in [0.3, 0.4) is 0 Å². The van der Waals surface area contributed by atoms with Crippen LogP contribution in [-0.2, 0) is 6.42 Å². The molecule has 1 heterocycles. The topological polar surface area (TPSA) is 9.23 Å². The first kappa shape index (κ1) is 12.8. The van der Waals surface area contributed by atoms with E-state index in [2.05, 4.69) is 32.0 Å². The highest BCUT2D eigenvalue weighted by Gasteiger charge is 2.23. The Morgan fingerprint density at radius 1 is 1.41 bits per heavy atom. The molecule has 0 saturated heterocycles. The second kappa shape index (κ2) is 5.77. The number of fused-ring (bicyclic) bond motifs is 1. The van der Waals surface area contributed by atoms with Crippen LogP contribution in [0, 0.1) is 6.92 Å². The summed E-state index contributed by atoms with van der Waals surface area (Å²) < 4.78 is 5.93. The zero-order valence-electron chi connectivity index (χ0n) is 10.7. The van der Waals surface area contributed by atoms with Gasteiger partial charge in [0.05, 0.1) is 0 Å². The van der Waals surface area contributed by atoms with Crippen molar-refractivity contribution < 1.29 is 4.74 Å². The zero-order valence-corrected chi connectivity index (χ0v) is 11.5. The molecule has 1 aromatic carbocycles. The summed E-state index contributed by atoms with van der Waals surface area (Å²) in [5, 5.41) is 0.314. The summed E-state index contributed by atoms with van der Waals surface area (Å²) in [6.45, 7) is 4.31. The van der Waals surface area contributed by atoms with E-state index in [0.29, 0.717) is 11.5 Å². The van der Waals surface area contributed by atoms with Crippen LogP contribution in [0.4, 0.5) is 0 Å². The Labute approximate surface area is 109 Å². The molecule has 0 aliphatic carbocycles. The van der Waals surface area contributed by atoms with E-state index < -0.39 is 0 Å². The maximum atomic E-state index is 6.24. The Hall–Kier alpha value is -0.690. The molecule has 2 rings (SSSR count). The monoisotopic (exact) mass is 252 g/mol. The van der Waals surface area contributed by atoms with Gasteiger partial charge in [-0.25, -0.2) is 0 Å². The summed E-state index contributed by atoms with van der Waals surface area (Å²) in [6, 6.07) is 6.44. The molecule has 2 atom stereocenters. The van der Waals surface area contributed by atoms with E-state index in [0.717, 1.165) is 31.4 Å². The van der Waals surface area contributed by atoms with E-state index in [9.17, 15) is 0 Å². The smallest absolute Gasteiger partial charge is 0.123 e. The fourth-order valence-electron chi connectivity index (χ4n) is 2.43. The molecular formula is C15H21ClO. The molecule has 0 fully saturated rings. The van der Waals surface area contributed by atoms with Gasteiger partial charge in [0, 0.05) is 11.8 Å². The van der Waals surface area contributed by atoms with Crippen molar-refractivity contribution in [3.63, 3.8) is 0 Å². The van der Waals surface area contributed by atoms with Crippen LogP contribution in [-0.4, -0.2) is 11.5 Å². The molecule has 0 aromatic heterocycles. The lowest BCUT2D eigenvalue weighted by Gasteiger charge is -2.13. The first-order valence-electron chi connectivity index (χ1n) is 6.59. The van der Waals surface area contributed by atoms with Gasteiger partial charge in [0.25, 0.3) is 0 Å². The summed E-state index contributed by atoms with van der Waals surface area (Å²) in [5.41, 5.74) is 2.67. The molecular weight excluding hydrogens is 232 g/mol. The standard InChI is InChI=1S/C15H21ClO/c1-3-4-13(16)6-7-14-10-12-9-11(2)5-8-15(12)17-14/h5,8-9,13-14H,3-4,6-7,10H2,1-2H3. The van der Waals surface area contributed by atoms with Gasteiger partial charge >= 0.3 is 0 Å². The Balaban J connectivity index is 1.84. The Kier molecular flexibility index (Phi) is 4.33. The number of ether oxygens (including phenoxy) is 1. The minimum atomic E-state index is 0.314. The third kappa shape index (κ3) is 3.38. The van der Waals surface area contributed by atoms with Crippen LogP contribution in [0.5, 0.6) is 5.75 Å². The van der Waals surface area contributed by atoms with Crippen molar-refractivity contribution >= 4 is 11.6 Å². The molecule has 17 heavy (non-hydrogen) atoms. The summed E-state index contributed by atoms with van der Waals surface area (Å²) in [4.78, 5) is 0. The Morgan fingerprint density at radius 3 is 3.00 bits per heavy atom. The third-order valence-corrected chi connectivity index (χ3v) is 3.80. The maximum Gasteiger partial charge on any atom is 0.123 e. The summed E-state index contributed by atoms with van der Waals surface area (Å²) in [5.74, 6) is 1.07.